The summed E-state index contributed by atoms with van der Waals surface area (Å²) in [7, 11) is -4.19. The van der Waals surface area contributed by atoms with Gasteiger partial charge in [0.25, 0.3) is 0 Å². The van der Waals surface area contributed by atoms with Crippen LogP contribution in [0, 0.1) is 0 Å². The van der Waals surface area contributed by atoms with Crippen molar-refractivity contribution >= 4 is 33.6 Å². The Balaban J connectivity index is 1.74. The van der Waals surface area contributed by atoms with E-state index in [1.165, 1.54) is 0 Å². The minimum Gasteiger partial charge on any atom is -0.379 e. The Morgan fingerprint density at radius 3 is 2.00 bits per heavy atom. The molecule has 0 radical (unpaired) electrons. The van der Waals surface area contributed by atoms with Gasteiger partial charge in [-0.2, -0.15) is 21.6 Å². The molecule has 0 spiro atoms. The van der Waals surface area contributed by atoms with Gasteiger partial charge in [-0.25, -0.2) is 0 Å². The first-order valence-electron chi connectivity index (χ1n) is 7.21. The van der Waals surface area contributed by atoms with Crippen molar-refractivity contribution in [3.8, 4) is 5.75 Å². The predicted molar refractivity (Wildman–Crippen MR) is 93.4 cm³/mol. The fraction of sp³-hybridized carbons (Fsp3) is 0.250. The summed E-state index contributed by atoms with van der Waals surface area (Å²) in [5.74, 6) is 2.28. The summed E-state index contributed by atoms with van der Waals surface area (Å²) in [5, 5.41) is 0. The molecule has 0 saturated carbocycles. The number of halogens is 3. The molecule has 0 aromatic heterocycles. The number of rotatable bonds is 4. The third-order valence-corrected chi connectivity index (χ3v) is 7.82. The monoisotopic (exact) mass is 406 g/mol. The van der Waals surface area contributed by atoms with Crippen molar-refractivity contribution in [1.29, 1.82) is 0 Å². The average Bonchev–Trinajstić information content (AvgIpc) is 3.09. The number of hydrogen-bond acceptors (Lipinski definition) is 5. The van der Waals surface area contributed by atoms with Crippen molar-refractivity contribution in [2.75, 3.05) is 11.5 Å². The molecule has 1 heterocycles. The molecule has 0 N–H and O–H groups in total. The van der Waals surface area contributed by atoms with E-state index < -0.39 is 21.9 Å². The Bertz CT molecular complexity index is 826. The zero-order valence-electron chi connectivity index (χ0n) is 12.7. The van der Waals surface area contributed by atoms with E-state index in [1.807, 2.05) is 23.5 Å². The largest absolute Gasteiger partial charge is 0.416 e. The summed E-state index contributed by atoms with van der Waals surface area (Å²) in [6, 6.07) is 9.91. The second kappa shape index (κ2) is 7.13. The Labute approximate surface area is 152 Å². The molecule has 1 fully saturated rings. The van der Waals surface area contributed by atoms with E-state index in [0.717, 1.165) is 29.2 Å². The van der Waals surface area contributed by atoms with Crippen molar-refractivity contribution in [3.05, 3.63) is 59.7 Å². The highest BCUT2D eigenvalue weighted by Crippen LogP contribution is 2.45. The van der Waals surface area contributed by atoms with Crippen LogP contribution in [-0.4, -0.2) is 19.9 Å². The van der Waals surface area contributed by atoms with E-state index in [1.54, 1.807) is 24.3 Å². The number of thioether (sulfide) groups is 2. The minimum absolute atomic E-state index is 0.122. The Morgan fingerprint density at radius 2 is 1.48 bits per heavy atom. The van der Waals surface area contributed by atoms with Gasteiger partial charge in [0.2, 0.25) is 0 Å². The molecule has 1 saturated heterocycles. The fourth-order valence-corrected chi connectivity index (χ4v) is 6.01. The van der Waals surface area contributed by atoms with Crippen LogP contribution in [0.2, 0.25) is 0 Å². The van der Waals surface area contributed by atoms with Crippen LogP contribution in [-0.2, 0) is 16.3 Å². The van der Waals surface area contributed by atoms with Gasteiger partial charge in [-0.1, -0.05) is 12.1 Å². The topological polar surface area (TPSA) is 43.4 Å². The van der Waals surface area contributed by atoms with Gasteiger partial charge < -0.3 is 4.18 Å². The molecule has 1 aliphatic heterocycles. The summed E-state index contributed by atoms with van der Waals surface area (Å²) < 4.78 is 67.4. The Kier molecular flexibility index (Phi) is 5.26. The maximum Gasteiger partial charge on any atom is 0.416 e. The first-order chi connectivity index (χ1) is 11.8. The third kappa shape index (κ3) is 4.45. The van der Waals surface area contributed by atoms with E-state index in [2.05, 4.69) is 0 Å². The van der Waals surface area contributed by atoms with Crippen LogP contribution < -0.4 is 4.18 Å². The lowest BCUT2D eigenvalue weighted by Crippen LogP contribution is -2.11. The third-order valence-electron chi connectivity index (χ3n) is 3.45. The van der Waals surface area contributed by atoms with Crippen molar-refractivity contribution in [2.45, 2.75) is 15.7 Å². The molecule has 3 rings (SSSR count). The van der Waals surface area contributed by atoms with Crippen LogP contribution in [0.15, 0.2) is 53.4 Å². The van der Waals surface area contributed by atoms with Crippen LogP contribution in [0.1, 0.15) is 15.7 Å². The second-order valence-electron chi connectivity index (χ2n) is 5.20. The predicted octanol–water partition coefficient (Wildman–Crippen LogP) is 4.95. The van der Waals surface area contributed by atoms with Gasteiger partial charge in [0.1, 0.15) is 10.6 Å². The van der Waals surface area contributed by atoms with Gasteiger partial charge in [0.15, 0.2) is 0 Å². The molecule has 0 atom stereocenters. The lowest BCUT2D eigenvalue weighted by atomic mass is 10.2. The van der Waals surface area contributed by atoms with E-state index in [4.69, 9.17) is 4.18 Å². The van der Waals surface area contributed by atoms with Crippen LogP contribution >= 0.6 is 23.5 Å². The molecule has 2 aromatic carbocycles. The Morgan fingerprint density at radius 1 is 0.920 bits per heavy atom. The summed E-state index contributed by atoms with van der Waals surface area (Å²) in [4.78, 5) is -0.327. The lowest BCUT2D eigenvalue weighted by Gasteiger charge is -2.11. The number of benzene rings is 2. The summed E-state index contributed by atoms with van der Waals surface area (Å²) in [5.41, 5.74) is 0.161. The highest BCUT2D eigenvalue weighted by molar-refractivity contribution is 8.19. The van der Waals surface area contributed by atoms with Crippen LogP contribution in [0.25, 0.3) is 0 Å². The smallest absolute Gasteiger partial charge is 0.379 e. The molecule has 9 heteroatoms. The van der Waals surface area contributed by atoms with Crippen molar-refractivity contribution in [3.63, 3.8) is 0 Å². The van der Waals surface area contributed by atoms with Crippen molar-refractivity contribution in [2.24, 2.45) is 0 Å². The molecule has 1 aliphatic rings. The van der Waals surface area contributed by atoms with Crippen molar-refractivity contribution < 1.29 is 25.8 Å². The summed E-state index contributed by atoms with van der Waals surface area (Å²) in [6.45, 7) is 0. The van der Waals surface area contributed by atoms with Gasteiger partial charge in [-0.15, -0.1) is 23.5 Å². The molecular weight excluding hydrogens is 393 g/mol. The van der Waals surface area contributed by atoms with E-state index in [0.29, 0.717) is 16.7 Å². The molecule has 3 nitrogen and oxygen atoms in total. The minimum atomic E-state index is -4.52. The highest BCUT2D eigenvalue weighted by Gasteiger charge is 2.31. The quantitative estimate of drug-likeness (QED) is 0.672. The molecule has 0 aliphatic carbocycles. The average molecular weight is 406 g/mol. The molecular formula is C16H13F3O3S3. The number of alkyl halides is 3. The van der Waals surface area contributed by atoms with Crippen molar-refractivity contribution in [1.82, 2.24) is 0 Å². The SMILES string of the molecule is O=S(=O)(Oc1ccc(C2SCCS2)cc1)c1ccc(C(F)(F)F)cc1. The first kappa shape index (κ1) is 18.5. The maximum absolute atomic E-state index is 12.5. The van der Waals surface area contributed by atoms with E-state index in [-0.39, 0.29) is 10.6 Å². The van der Waals surface area contributed by atoms with Crippen LogP contribution in [0.3, 0.4) is 0 Å². The van der Waals surface area contributed by atoms with E-state index in [9.17, 15) is 21.6 Å². The zero-order chi connectivity index (χ0) is 18.1. The molecule has 25 heavy (non-hydrogen) atoms. The van der Waals surface area contributed by atoms with Gasteiger partial charge >= 0.3 is 16.3 Å². The van der Waals surface area contributed by atoms with Gasteiger partial charge in [-0.05, 0) is 42.0 Å². The number of hydrogen-bond donors (Lipinski definition) is 0. The fourth-order valence-electron chi connectivity index (χ4n) is 2.22. The van der Waals surface area contributed by atoms with E-state index >= 15 is 0 Å². The molecule has 134 valence electrons. The molecule has 0 unspecified atom stereocenters. The molecule has 0 bridgehead atoms. The second-order valence-corrected chi connectivity index (χ2v) is 9.47. The van der Waals surface area contributed by atoms with Gasteiger partial charge in [-0.3, -0.25) is 0 Å². The van der Waals surface area contributed by atoms with Crippen LogP contribution in [0.5, 0.6) is 5.75 Å². The summed E-state index contributed by atoms with van der Waals surface area (Å²) >= 11 is 3.65. The molecule has 2 aromatic rings. The standard InChI is InChI=1S/C16H13F3O3S3/c17-16(18,19)12-3-7-14(8-4-12)25(20,21)22-13-5-1-11(2-6-13)15-23-9-10-24-15/h1-8,15H,9-10H2. The lowest BCUT2D eigenvalue weighted by molar-refractivity contribution is -0.137. The molecule has 0 amide bonds. The highest BCUT2D eigenvalue weighted by atomic mass is 32.2. The van der Waals surface area contributed by atoms with Crippen LogP contribution in [0.4, 0.5) is 13.2 Å². The normalized spacial score (nSPS) is 16.1. The van der Waals surface area contributed by atoms with Gasteiger partial charge in [0, 0.05) is 11.5 Å². The van der Waals surface area contributed by atoms with Gasteiger partial charge in [0.05, 0.1) is 10.1 Å². The zero-order valence-corrected chi connectivity index (χ0v) is 15.1. The maximum atomic E-state index is 12.5. The Hall–Kier alpha value is -1.32. The first-order valence-corrected chi connectivity index (χ1v) is 10.7. The summed E-state index contributed by atoms with van der Waals surface area (Å²) in [6.07, 6.45) is -4.52.